The lowest BCUT2D eigenvalue weighted by atomic mass is 10.1. The number of hydrogen-bond acceptors (Lipinski definition) is 3. The van der Waals surface area contributed by atoms with Gasteiger partial charge in [-0.15, -0.1) is 24.0 Å². The van der Waals surface area contributed by atoms with Crippen molar-refractivity contribution in [3.63, 3.8) is 0 Å². The number of aryl methyl sites for hydroxylation is 2. The van der Waals surface area contributed by atoms with Crippen LogP contribution in [0, 0.1) is 19.7 Å². The van der Waals surface area contributed by atoms with Gasteiger partial charge in [-0.1, -0.05) is 17.3 Å². The normalized spacial score (nSPS) is 11.0. The van der Waals surface area contributed by atoms with Crippen LogP contribution in [0.15, 0.2) is 33.8 Å². The van der Waals surface area contributed by atoms with E-state index in [0.717, 1.165) is 29.0 Å². The predicted molar refractivity (Wildman–Crippen MR) is 99.7 cm³/mol. The summed E-state index contributed by atoms with van der Waals surface area (Å²) in [5.74, 6) is 1.29. The molecular formula is C16H22FIN4O. The summed E-state index contributed by atoms with van der Waals surface area (Å²) in [5.41, 5.74) is 2.91. The third kappa shape index (κ3) is 5.81. The fourth-order valence-electron chi connectivity index (χ4n) is 2.22. The Labute approximate surface area is 152 Å². The lowest BCUT2D eigenvalue weighted by molar-refractivity contribution is 0.392. The molecule has 0 bridgehead atoms. The molecule has 2 N–H and O–H groups in total. The Bertz CT molecular complexity index is 638. The van der Waals surface area contributed by atoms with Crippen molar-refractivity contribution in [3.8, 4) is 0 Å². The summed E-state index contributed by atoms with van der Waals surface area (Å²) >= 11 is 0. The molecule has 0 aliphatic rings. The van der Waals surface area contributed by atoms with E-state index >= 15 is 0 Å². The van der Waals surface area contributed by atoms with E-state index in [0.29, 0.717) is 19.0 Å². The first-order valence-electron chi connectivity index (χ1n) is 7.21. The Morgan fingerprint density at radius 2 is 2.09 bits per heavy atom. The average Bonchev–Trinajstić information content (AvgIpc) is 2.82. The summed E-state index contributed by atoms with van der Waals surface area (Å²) in [6.45, 7) is 5.07. The summed E-state index contributed by atoms with van der Waals surface area (Å²) < 4.78 is 18.3. The van der Waals surface area contributed by atoms with Crippen LogP contribution in [-0.2, 0) is 13.0 Å². The Balaban J connectivity index is 0.00000264. The summed E-state index contributed by atoms with van der Waals surface area (Å²) in [4.78, 5) is 4.15. The van der Waals surface area contributed by atoms with Gasteiger partial charge in [0.1, 0.15) is 11.6 Å². The van der Waals surface area contributed by atoms with Gasteiger partial charge in [0.25, 0.3) is 0 Å². The number of aliphatic imine (C=N–C) groups is 1. The van der Waals surface area contributed by atoms with E-state index in [1.54, 1.807) is 13.1 Å². The molecule has 126 valence electrons. The SMILES string of the molecule is CN=C(NCCc1c(C)noc1C)NCc1cccc(F)c1.I. The lowest BCUT2D eigenvalue weighted by Crippen LogP contribution is -2.37. The van der Waals surface area contributed by atoms with Crippen LogP contribution in [0.2, 0.25) is 0 Å². The number of benzene rings is 1. The van der Waals surface area contributed by atoms with Gasteiger partial charge in [0.2, 0.25) is 0 Å². The number of nitrogens with one attached hydrogen (secondary N) is 2. The highest BCUT2D eigenvalue weighted by Gasteiger charge is 2.08. The summed E-state index contributed by atoms with van der Waals surface area (Å²) in [6.07, 6.45) is 0.807. The van der Waals surface area contributed by atoms with Gasteiger partial charge in [-0.2, -0.15) is 0 Å². The highest BCUT2D eigenvalue weighted by Crippen LogP contribution is 2.12. The van der Waals surface area contributed by atoms with Crippen molar-refractivity contribution in [2.45, 2.75) is 26.8 Å². The van der Waals surface area contributed by atoms with Gasteiger partial charge in [0.15, 0.2) is 5.96 Å². The number of guanidine groups is 1. The second kappa shape index (κ2) is 9.49. The standard InChI is InChI=1S/C16H21FN4O.HI/c1-11-15(12(2)22-21-11)7-8-19-16(18-3)20-10-13-5-4-6-14(17)9-13;/h4-6,9H,7-8,10H2,1-3H3,(H2,18,19,20);1H. The molecule has 0 amide bonds. The average molecular weight is 432 g/mol. The highest BCUT2D eigenvalue weighted by atomic mass is 127. The van der Waals surface area contributed by atoms with Gasteiger partial charge >= 0.3 is 0 Å². The van der Waals surface area contributed by atoms with Gasteiger partial charge in [-0.3, -0.25) is 4.99 Å². The molecule has 0 unspecified atom stereocenters. The number of nitrogens with zero attached hydrogens (tertiary/aromatic N) is 2. The summed E-state index contributed by atoms with van der Waals surface area (Å²) in [5, 5.41) is 10.3. The van der Waals surface area contributed by atoms with Crippen LogP contribution in [0.3, 0.4) is 0 Å². The monoisotopic (exact) mass is 432 g/mol. The minimum absolute atomic E-state index is 0. The second-order valence-corrected chi connectivity index (χ2v) is 5.04. The third-order valence-corrected chi connectivity index (χ3v) is 3.42. The van der Waals surface area contributed by atoms with Gasteiger partial charge in [-0.25, -0.2) is 4.39 Å². The van der Waals surface area contributed by atoms with Crippen LogP contribution in [0.4, 0.5) is 4.39 Å². The van der Waals surface area contributed by atoms with Crippen LogP contribution in [0.25, 0.3) is 0 Å². The van der Waals surface area contributed by atoms with Gasteiger partial charge in [0, 0.05) is 25.7 Å². The predicted octanol–water partition coefficient (Wildman–Crippen LogP) is 2.96. The summed E-state index contributed by atoms with van der Waals surface area (Å²) in [7, 11) is 1.71. The smallest absolute Gasteiger partial charge is 0.191 e. The van der Waals surface area contributed by atoms with E-state index in [9.17, 15) is 4.39 Å². The molecule has 0 saturated heterocycles. The third-order valence-electron chi connectivity index (χ3n) is 3.42. The van der Waals surface area contributed by atoms with E-state index < -0.39 is 0 Å². The van der Waals surface area contributed by atoms with Crippen molar-refractivity contribution in [3.05, 3.63) is 52.7 Å². The lowest BCUT2D eigenvalue weighted by Gasteiger charge is -2.12. The maximum absolute atomic E-state index is 13.1. The van der Waals surface area contributed by atoms with Crippen LogP contribution >= 0.6 is 24.0 Å². The van der Waals surface area contributed by atoms with Crippen molar-refractivity contribution in [2.24, 2.45) is 4.99 Å². The van der Waals surface area contributed by atoms with Crippen molar-refractivity contribution >= 4 is 29.9 Å². The van der Waals surface area contributed by atoms with E-state index in [-0.39, 0.29) is 29.8 Å². The number of halogens is 2. The van der Waals surface area contributed by atoms with Gasteiger partial charge in [0.05, 0.1) is 5.69 Å². The number of rotatable bonds is 5. The molecule has 7 heteroatoms. The zero-order chi connectivity index (χ0) is 15.9. The molecular weight excluding hydrogens is 410 g/mol. The van der Waals surface area contributed by atoms with E-state index in [4.69, 9.17) is 4.52 Å². The largest absolute Gasteiger partial charge is 0.361 e. The Morgan fingerprint density at radius 3 is 2.70 bits per heavy atom. The van der Waals surface area contributed by atoms with E-state index in [1.165, 1.54) is 12.1 Å². The minimum atomic E-state index is -0.236. The van der Waals surface area contributed by atoms with Crippen molar-refractivity contribution in [1.82, 2.24) is 15.8 Å². The molecule has 1 heterocycles. The maximum atomic E-state index is 13.1. The molecule has 23 heavy (non-hydrogen) atoms. The first-order chi connectivity index (χ1) is 10.6. The number of aromatic nitrogens is 1. The molecule has 1 aromatic heterocycles. The van der Waals surface area contributed by atoms with Crippen LogP contribution in [-0.4, -0.2) is 24.7 Å². The first kappa shape index (κ1) is 19.4. The number of hydrogen-bond donors (Lipinski definition) is 2. The molecule has 0 saturated carbocycles. The molecule has 5 nitrogen and oxygen atoms in total. The van der Waals surface area contributed by atoms with Crippen molar-refractivity contribution in [1.29, 1.82) is 0 Å². The van der Waals surface area contributed by atoms with Crippen LogP contribution in [0.1, 0.15) is 22.6 Å². The van der Waals surface area contributed by atoms with E-state index in [2.05, 4.69) is 20.8 Å². The van der Waals surface area contributed by atoms with Gasteiger partial charge < -0.3 is 15.2 Å². The molecule has 2 aromatic rings. The molecule has 0 radical (unpaired) electrons. The second-order valence-electron chi connectivity index (χ2n) is 5.04. The van der Waals surface area contributed by atoms with Crippen LogP contribution in [0.5, 0.6) is 0 Å². The fourth-order valence-corrected chi connectivity index (χ4v) is 2.22. The van der Waals surface area contributed by atoms with Gasteiger partial charge in [-0.05, 0) is 38.0 Å². The summed E-state index contributed by atoms with van der Waals surface area (Å²) in [6, 6.07) is 6.50. The minimum Gasteiger partial charge on any atom is -0.361 e. The molecule has 0 atom stereocenters. The Hall–Kier alpha value is -1.64. The highest BCUT2D eigenvalue weighted by molar-refractivity contribution is 14.0. The van der Waals surface area contributed by atoms with E-state index in [1.807, 2.05) is 19.9 Å². The maximum Gasteiger partial charge on any atom is 0.191 e. The first-order valence-corrected chi connectivity index (χ1v) is 7.21. The molecule has 2 rings (SSSR count). The van der Waals surface area contributed by atoms with Crippen molar-refractivity contribution < 1.29 is 8.91 Å². The molecule has 1 aromatic carbocycles. The van der Waals surface area contributed by atoms with Crippen molar-refractivity contribution in [2.75, 3.05) is 13.6 Å². The zero-order valence-electron chi connectivity index (χ0n) is 13.5. The molecule has 0 aliphatic carbocycles. The molecule has 0 spiro atoms. The quantitative estimate of drug-likeness (QED) is 0.434. The molecule has 0 fully saturated rings. The Kier molecular flexibility index (Phi) is 8.01. The van der Waals surface area contributed by atoms with Crippen LogP contribution < -0.4 is 10.6 Å². The zero-order valence-corrected chi connectivity index (χ0v) is 15.8. The Morgan fingerprint density at radius 1 is 1.30 bits per heavy atom. The fraction of sp³-hybridized carbons (Fsp3) is 0.375. The topological polar surface area (TPSA) is 62.5 Å². The molecule has 0 aliphatic heterocycles.